The van der Waals surface area contributed by atoms with Gasteiger partial charge in [0.25, 0.3) is 0 Å². The molecule has 0 atom stereocenters. The van der Waals surface area contributed by atoms with Gasteiger partial charge < -0.3 is 10.6 Å². The molecular weight excluding hydrogens is 328 g/mol. The molecule has 0 aliphatic heterocycles. The first-order valence-electron chi connectivity index (χ1n) is 7.91. The van der Waals surface area contributed by atoms with Crippen LogP contribution in [0.1, 0.15) is 31.2 Å². The van der Waals surface area contributed by atoms with Crippen LogP contribution in [0.4, 0.5) is 0 Å². The summed E-state index contributed by atoms with van der Waals surface area (Å²) in [7, 11) is 0.522. The van der Waals surface area contributed by atoms with Gasteiger partial charge in [0.2, 0.25) is 10.0 Å². The highest BCUT2D eigenvalue weighted by molar-refractivity contribution is 7.89. The van der Waals surface area contributed by atoms with Gasteiger partial charge >= 0.3 is 0 Å². The minimum atomic E-state index is -3.59. The van der Waals surface area contributed by atoms with E-state index >= 15 is 0 Å². The number of amidine groups is 1. The van der Waals surface area contributed by atoms with Crippen molar-refractivity contribution in [2.45, 2.75) is 42.7 Å². The number of nitrogens with zero attached hydrogens (tertiary/aromatic N) is 2. The lowest BCUT2D eigenvalue weighted by atomic mass is 9.91. The third kappa shape index (κ3) is 4.67. The summed E-state index contributed by atoms with van der Waals surface area (Å²) < 4.78 is 28.0. The SMILES string of the molecule is CN(C)C1CCC(NS(=O)(=O)c2cccc(/C(N)=N/NN)c2)CC1. The third-order valence-electron chi connectivity index (χ3n) is 4.37. The van der Waals surface area contributed by atoms with Crippen LogP contribution in [0.5, 0.6) is 0 Å². The van der Waals surface area contributed by atoms with Crippen LogP contribution < -0.4 is 21.8 Å². The van der Waals surface area contributed by atoms with Crippen molar-refractivity contribution in [3.63, 3.8) is 0 Å². The van der Waals surface area contributed by atoms with E-state index in [1.165, 1.54) is 6.07 Å². The van der Waals surface area contributed by atoms with Gasteiger partial charge in [-0.2, -0.15) is 0 Å². The molecule has 0 bridgehead atoms. The van der Waals surface area contributed by atoms with E-state index in [0.29, 0.717) is 11.6 Å². The Morgan fingerprint density at radius 1 is 1.25 bits per heavy atom. The molecule has 0 amide bonds. The Bertz CT molecular complexity index is 681. The number of rotatable bonds is 6. The predicted molar refractivity (Wildman–Crippen MR) is 94.5 cm³/mol. The van der Waals surface area contributed by atoms with E-state index in [1.807, 2.05) is 0 Å². The normalized spacial score (nSPS) is 22.6. The lowest BCUT2D eigenvalue weighted by Crippen LogP contribution is -2.41. The van der Waals surface area contributed by atoms with E-state index in [9.17, 15) is 8.42 Å². The van der Waals surface area contributed by atoms with Crippen molar-refractivity contribution in [1.29, 1.82) is 0 Å². The Morgan fingerprint density at radius 3 is 2.50 bits per heavy atom. The van der Waals surface area contributed by atoms with Crippen molar-refractivity contribution in [1.82, 2.24) is 15.2 Å². The molecule has 6 N–H and O–H groups in total. The zero-order valence-electron chi connectivity index (χ0n) is 14.1. The zero-order chi connectivity index (χ0) is 17.7. The molecule has 1 aliphatic rings. The van der Waals surface area contributed by atoms with Crippen molar-refractivity contribution in [3.8, 4) is 0 Å². The first-order valence-corrected chi connectivity index (χ1v) is 9.39. The molecule has 24 heavy (non-hydrogen) atoms. The first-order chi connectivity index (χ1) is 11.3. The topological polar surface area (TPSA) is 126 Å². The lowest BCUT2D eigenvalue weighted by molar-refractivity contribution is 0.212. The minimum absolute atomic E-state index is 0.0356. The monoisotopic (exact) mass is 354 g/mol. The van der Waals surface area contributed by atoms with Crippen molar-refractivity contribution in [2.75, 3.05) is 14.1 Å². The van der Waals surface area contributed by atoms with Gasteiger partial charge in [-0.25, -0.2) is 24.5 Å². The predicted octanol–water partition coefficient (Wildman–Crippen LogP) is -0.0787. The molecule has 0 saturated heterocycles. The fourth-order valence-electron chi connectivity index (χ4n) is 2.95. The van der Waals surface area contributed by atoms with Crippen LogP contribution >= 0.6 is 0 Å². The molecule has 1 aromatic rings. The number of nitrogens with one attached hydrogen (secondary N) is 2. The summed E-state index contributed by atoms with van der Waals surface area (Å²) in [6, 6.07) is 6.83. The fraction of sp³-hybridized carbons (Fsp3) is 0.533. The molecule has 0 spiro atoms. The van der Waals surface area contributed by atoms with Gasteiger partial charge in [0.1, 0.15) is 0 Å². The maximum Gasteiger partial charge on any atom is 0.240 e. The number of hydrazine groups is 1. The van der Waals surface area contributed by atoms with E-state index in [0.717, 1.165) is 25.7 Å². The molecule has 0 aromatic heterocycles. The van der Waals surface area contributed by atoms with Gasteiger partial charge in [-0.15, -0.1) is 5.10 Å². The summed E-state index contributed by atoms with van der Waals surface area (Å²) in [5.41, 5.74) is 8.32. The highest BCUT2D eigenvalue weighted by Crippen LogP contribution is 2.23. The largest absolute Gasteiger partial charge is 0.382 e. The molecule has 0 heterocycles. The first kappa shape index (κ1) is 18.7. The average molecular weight is 354 g/mol. The van der Waals surface area contributed by atoms with E-state index in [2.05, 4.69) is 34.4 Å². The van der Waals surface area contributed by atoms with E-state index in [4.69, 9.17) is 11.6 Å². The average Bonchev–Trinajstić information content (AvgIpc) is 2.55. The molecule has 0 unspecified atom stereocenters. The Balaban J connectivity index is 2.08. The van der Waals surface area contributed by atoms with Gasteiger partial charge in [0.15, 0.2) is 5.84 Å². The standard InChI is InChI=1S/C15H26N6O2S/c1-21(2)13-8-6-12(7-9-13)19-24(22,23)14-5-3-4-11(10-14)15(16)18-20-17/h3-5,10,12-13,19-20H,6-9,17H2,1-2H3,(H2,16,18). The van der Waals surface area contributed by atoms with Crippen LogP contribution in [-0.2, 0) is 10.0 Å². The Hall–Kier alpha value is -1.68. The summed E-state index contributed by atoms with van der Waals surface area (Å²) in [6.45, 7) is 0. The number of benzene rings is 1. The van der Waals surface area contributed by atoms with Gasteiger partial charge in [0.05, 0.1) is 4.90 Å². The smallest absolute Gasteiger partial charge is 0.240 e. The molecule has 1 aliphatic carbocycles. The van der Waals surface area contributed by atoms with Gasteiger partial charge in [-0.1, -0.05) is 12.1 Å². The molecule has 1 aromatic carbocycles. The summed E-state index contributed by atoms with van der Waals surface area (Å²) in [5, 5.41) is 3.66. The molecule has 8 nitrogen and oxygen atoms in total. The molecule has 9 heteroatoms. The second-order valence-corrected chi connectivity index (χ2v) is 7.96. The highest BCUT2D eigenvalue weighted by atomic mass is 32.2. The van der Waals surface area contributed by atoms with Crippen LogP contribution in [0.15, 0.2) is 34.3 Å². The van der Waals surface area contributed by atoms with Gasteiger partial charge in [-0.05, 0) is 51.9 Å². The van der Waals surface area contributed by atoms with Gasteiger partial charge in [0, 0.05) is 17.6 Å². The molecule has 2 rings (SSSR count). The maximum atomic E-state index is 12.6. The molecule has 0 radical (unpaired) electrons. The van der Waals surface area contributed by atoms with Crippen molar-refractivity contribution in [3.05, 3.63) is 29.8 Å². The molecular formula is C15H26N6O2S. The third-order valence-corrected chi connectivity index (χ3v) is 5.89. The van der Waals surface area contributed by atoms with Crippen LogP contribution in [0.2, 0.25) is 0 Å². The molecule has 1 fully saturated rings. The minimum Gasteiger partial charge on any atom is -0.382 e. The van der Waals surface area contributed by atoms with Crippen LogP contribution in [0.3, 0.4) is 0 Å². The van der Waals surface area contributed by atoms with Gasteiger partial charge in [-0.3, -0.25) is 0 Å². The summed E-state index contributed by atoms with van der Waals surface area (Å²) in [6.07, 6.45) is 3.65. The second kappa shape index (κ2) is 7.93. The number of hydrogen-bond acceptors (Lipinski definition) is 6. The molecule has 1 saturated carbocycles. The van der Waals surface area contributed by atoms with Crippen LogP contribution in [0.25, 0.3) is 0 Å². The quantitative estimate of drug-likeness (QED) is 0.245. The number of hydrogen-bond donors (Lipinski definition) is 4. The Labute approximate surface area is 143 Å². The van der Waals surface area contributed by atoms with Crippen LogP contribution in [0, 0.1) is 0 Å². The summed E-state index contributed by atoms with van der Waals surface area (Å²) in [4.78, 5) is 2.37. The zero-order valence-corrected chi connectivity index (χ0v) is 14.9. The van der Waals surface area contributed by atoms with E-state index < -0.39 is 10.0 Å². The molecule has 134 valence electrons. The maximum absolute atomic E-state index is 12.6. The highest BCUT2D eigenvalue weighted by Gasteiger charge is 2.26. The number of hydrazone groups is 1. The number of nitrogens with two attached hydrogens (primary N) is 2. The summed E-state index contributed by atoms with van der Waals surface area (Å²) in [5.74, 6) is 5.22. The second-order valence-electron chi connectivity index (χ2n) is 6.24. The lowest BCUT2D eigenvalue weighted by Gasteiger charge is -2.32. The van der Waals surface area contributed by atoms with Crippen molar-refractivity contribution < 1.29 is 8.42 Å². The summed E-state index contributed by atoms with van der Waals surface area (Å²) >= 11 is 0. The van der Waals surface area contributed by atoms with Crippen molar-refractivity contribution >= 4 is 15.9 Å². The van der Waals surface area contributed by atoms with E-state index in [-0.39, 0.29) is 16.8 Å². The van der Waals surface area contributed by atoms with E-state index in [1.54, 1.807) is 18.2 Å². The Kier molecular flexibility index (Phi) is 6.16. The Morgan fingerprint density at radius 2 is 1.92 bits per heavy atom. The van der Waals surface area contributed by atoms with Crippen molar-refractivity contribution in [2.24, 2.45) is 16.7 Å². The fourth-order valence-corrected chi connectivity index (χ4v) is 4.30. The number of sulfonamides is 1. The van der Waals surface area contributed by atoms with Crippen LogP contribution in [-0.4, -0.2) is 45.3 Å².